The second kappa shape index (κ2) is 5.36. The van der Waals surface area contributed by atoms with E-state index in [-0.39, 0.29) is 5.91 Å². The first-order valence-corrected chi connectivity index (χ1v) is 7.70. The fourth-order valence-corrected chi connectivity index (χ4v) is 3.36. The molecule has 3 heterocycles. The van der Waals surface area contributed by atoms with Crippen molar-refractivity contribution in [3.05, 3.63) is 33.5 Å². The van der Waals surface area contributed by atoms with Crippen LogP contribution in [-0.2, 0) is 11.2 Å². The predicted octanol–water partition coefficient (Wildman–Crippen LogP) is 2.04. The van der Waals surface area contributed by atoms with Gasteiger partial charge in [0.1, 0.15) is 0 Å². The molecule has 0 radical (unpaired) electrons. The van der Waals surface area contributed by atoms with Crippen LogP contribution in [0, 0.1) is 13.8 Å². The average Bonchev–Trinajstić information content (AvgIpc) is 3.10. The summed E-state index contributed by atoms with van der Waals surface area (Å²) in [5.74, 6) is 0.564. The van der Waals surface area contributed by atoms with E-state index in [2.05, 4.69) is 22.1 Å². The molecule has 0 bridgehead atoms. The van der Waals surface area contributed by atoms with Crippen LogP contribution in [-0.4, -0.2) is 39.1 Å². The predicted molar refractivity (Wildman–Crippen MR) is 77.8 cm³/mol. The van der Waals surface area contributed by atoms with Gasteiger partial charge in [0.2, 0.25) is 5.91 Å². The maximum atomic E-state index is 12.3. The van der Waals surface area contributed by atoms with E-state index in [0.29, 0.717) is 12.3 Å². The second-order valence-electron chi connectivity index (χ2n) is 5.33. The fourth-order valence-electron chi connectivity index (χ4n) is 2.75. The number of nitrogens with zero attached hydrogens (tertiary/aromatic N) is 3. The molecule has 0 saturated carbocycles. The molecule has 1 N–H and O–H groups in total. The maximum absolute atomic E-state index is 12.3. The molecule has 1 aliphatic rings. The van der Waals surface area contributed by atoms with Crippen molar-refractivity contribution in [2.24, 2.45) is 0 Å². The summed E-state index contributed by atoms with van der Waals surface area (Å²) in [6.07, 6.45) is 3.27. The Kier molecular flexibility index (Phi) is 3.56. The fraction of sp³-hybridized carbons (Fsp3) is 0.500. The van der Waals surface area contributed by atoms with E-state index in [9.17, 15) is 4.79 Å². The Morgan fingerprint density at radius 1 is 1.55 bits per heavy atom. The molecule has 1 atom stereocenters. The number of H-pyrrole nitrogens is 1. The van der Waals surface area contributed by atoms with Crippen LogP contribution >= 0.6 is 11.3 Å². The highest BCUT2D eigenvalue weighted by Crippen LogP contribution is 2.28. The Morgan fingerprint density at radius 3 is 3.05 bits per heavy atom. The lowest BCUT2D eigenvalue weighted by molar-refractivity contribution is -0.129. The Hall–Kier alpha value is -1.69. The molecule has 6 heteroatoms. The number of thiazole rings is 1. The molecule has 0 aliphatic carbocycles. The van der Waals surface area contributed by atoms with Gasteiger partial charge in [0.25, 0.3) is 0 Å². The molecule has 1 amide bonds. The molecule has 0 spiro atoms. The van der Waals surface area contributed by atoms with Gasteiger partial charge in [0.05, 0.1) is 23.3 Å². The zero-order chi connectivity index (χ0) is 14.1. The van der Waals surface area contributed by atoms with Gasteiger partial charge in [-0.3, -0.25) is 9.89 Å². The van der Waals surface area contributed by atoms with Crippen molar-refractivity contribution in [2.75, 3.05) is 13.1 Å². The van der Waals surface area contributed by atoms with E-state index in [1.165, 1.54) is 11.3 Å². The number of hydrogen-bond donors (Lipinski definition) is 1. The molecule has 2 aromatic rings. The number of likely N-dealkylation sites (tertiary alicyclic amines) is 1. The van der Waals surface area contributed by atoms with E-state index in [0.717, 1.165) is 30.2 Å². The number of aromatic amines is 1. The second-order valence-corrected chi connectivity index (χ2v) is 6.39. The zero-order valence-corrected chi connectivity index (χ0v) is 12.5. The van der Waals surface area contributed by atoms with E-state index < -0.39 is 0 Å². The third kappa shape index (κ3) is 2.60. The highest BCUT2D eigenvalue weighted by molar-refractivity contribution is 7.09. The van der Waals surface area contributed by atoms with Crippen LogP contribution in [0.15, 0.2) is 11.6 Å². The topological polar surface area (TPSA) is 61.9 Å². The molecule has 5 nitrogen and oxygen atoms in total. The SMILES string of the molecule is Cc1nc(CC(=O)N2CCC(c3[nH]ncc3C)C2)cs1. The number of aromatic nitrogens is 3. The number of hydrogen-bond acceptors (Lipinski definition) is 4. The first kappa shape index (κ1) is 13.3. The van der Waals surface area contributed by atoms with Crippen LogP contribution in [0.1, 0.15) is 34.3 Å². The summed E-state index contributed by atoms with van der Waals surface area (Å²) in [6.45, 7) is 5.63. The van der Waals surface area contributed by atoms with Gasteiger partial charge in [0.15, 0.2) is 0 Å². The maximum Gasteiger partial charge on any atom is 0.228 e. The Morgan fingerprint density at radius 2 is 2.40 bits per heavy atom. The molecular weight excluding hydrogens is 272 g/mol. The van der Waals surface area contributed by atoms with Gasteiger partial charge in [-0.2, -0.15) is 5.10 Å². The first-order valence-electron chi connectivity index (χ1n) is 6.82. The van der Waals surface area contributed by atoms with Gasteiger partial charge in [-0.15, -0.1) is 11.3 Å². The summed E-state index contributed by atoms with van der Waals surface area (Å²) in [5, 5.41) is 10.1. The van der Waals surface area contributed by atoms with Gasteiger partial charge >= 0.3 is 0 Å². The van der Waals surface area contributed by atoms with Crippen LogP contribution < -0.4 is 0 Å². The summed E-state index contributed by atoms with van der Waals surface area (Å²) in [7, 11) is 0. The zero-order valence-electron chi connectivity index (χ0n) is 11.7. The van der Waals surface area contributed by atoms with E-state index in [4.69, 9.17) is 0 Å². The van der Waals surface area contributed by atoms with E-state index >= 15 is 0 Å². The third-order valence-electron chi connectivity index (χ3n) is 3.82. The molecular formula is C14H18N4OS. The summed E-state index contributed by atoms with van der Waals surface area (Å²) in [4.78, 5) is 18.6. The van der Waals surface area contributed by atoms with Crippen LogP contribution in [0.3, 0.4) is 0 Å². The quantitative estimate of drug-likeness (QED) is 0.941. The normalized spacial score (nSPS) is 18.7. The van der Waals surface area contributed by atoms with Crippen molar-refractivity contribution in [2.45, 2.75) is 32.6 Å². The van der Waals surface area contributed by atoms with Gasteiger partial charge < -0.3 is 4.90 Å². The summed E-state index contributed by atoms with van der Waals surface area (Å²) >= 11 is 1.59. The van der Waals surface area contributed by atoms with Crippen molar-refractivity contribution >= 4 is 17.2 Å². The molecule has 1 aliphatic heterocycles. The number of nitrogens with one attached hydrogen (secondary N) is 1. The highest BCUT2D eigenvalue weighted by Gasteiger charge is 2.29. The van der Waals surface area contributed by atoms with Crippen molar-refractivity contribution < 1.29 is 4.79 Å². The molecule has 106 valence electrons. The van der Waals surface area contributed by atoms with Gasteiger partial charge in [-0.05, 0) is 25.8 Å². The van der Waals surface area contributed by atoms with E-state index in [1.54, 1.807) is 11.3 Å². The van der Waals surface area contributed by atoms with E-state index in [1.807, 2.05) is 23.4 Å². The number of aryl methyl sites for hydroxylation is 2. The van der Waals surface area contributed by atoms with Crippen molar-refractivity contribution in [1.29, 1.82) is 0 Å². The smallest absolute Gasteiger partial charge is 0.228 e. The van der Waals surface area contributed by atoms with Crippen molar-refractivity contribution in [1.82, 2.24) is 20.1 Å². The van der Waals surface area contributed by atoms with Crippen molar-refractivity contribution in [3.63, 3.8) is 0 Å². The average molecular weight is 290 g/mol. The minimum atomic E-state index is 0.176. The lowest BCUT2D eigenvalue weighted by Crippen LogP contribution is -2.30. The molecule has 2 aromatic heterocycles. The lowest BCUT2D eigenvalue weighted by atomic mass is 10.0. The monoisotopic (exact) mass is 290 g/mol. The van der Waals surface area contributed by atoms with Crippen LogP contribution in [0.2, 0.25) is 0 Å². The Bertz CT molecular complexity index is 618. The number of carbonyl (C=O) groups is 1. The summed E-state index contributed by atoms with van der Waals surface area (Å²) in [5.41, 5.74) is 3.24. The minimum Gasteiger partial charge on any atom is -0.342 e. The first-order chi connectivity index (χ1) is 9.63. The van der Waals surface area contributed by atoms with Gasteiger partial charge in [-0.25, -0.2) is 4.98 Å². The molecule has 1 unspecified atom stereocenters. The number of amides is 1. The Balaban J connectivity index is 1.62. The van der Waals surface area contributed by atoms with Gasteiger partial charge in [0, 0.05) is 30.1 Å². The van der Waals surface area contributed by atoms with Crippen LogP contribution in [0.25, 0.3) is 0 Å². The summed E-state index contributed by atoms with van der Waals surface area (Å²) in [6, 6.07) is 0. The minimum absolute atomic E-state index is 0.176. The molecule has 1 fully saturated rings. The van der Waals surface area contributed by atoms with Crippen LogP contribution in [0.5, 0.6) is 0 Å². The largest absolute Gasteiger partial charge is 0.342 e. The summed E-state index contributed by atoms with van der Waals surface area (Å²) < 4.78 is 0. The third-order valence-corrected chi connectivity index (χ3v) is 4.64. The molecule has 1 saturated heterocycles. The van der Waals surface area contributed by atoms with Gasteiger partial charge in [-0.1, -0.05) is 0 Å². The van der Waals surface area contributed by atoms with Crippen molar-refractivity contribution in [3.8, 4) is 0 Å². The molecule has 0 aromatic carbocycles. The van der Waals surface area contributed by atoms with Crippen LogP contribution in [0.4, 0.5) is 0 Å². The number of rotatable bonds is 3. The number of carbonyl (C=O) groups excluding carboxylic acids is 1. The standard InChI is InChI=1S/C14H18N4OS/c1-9-6-15-17-14(9)11-3-4-18(7-11)13(19)5-12-8-20-10(2)16-12/h6,8,11H,3-5,7H2,1-2H3,(H,15,17). The molecule has 20 heavy (non-hydrogen) atoms. The lowest BCUT2D eigenvalue weighted by Gasteiger charge is -2.15. The highest BCUT2D eigenvalue weighted by atomic mass is 32.1. The Labute approximate surface area is 122 Å². The molecule has 3 rings (SSSR count).